The van der Waals surface area contributed by atoms with Gasteiger partial charge in [0.15, 0.2) is 0 Å². The van der Waals surface area contributed by atoms with Crippen LogP contribution >= 0.6 is 11.8 Å². The number of pyridine rings is 1. The molecule has 0 unspecified atom stereocenters. The minimum atomic E-state index is -0.138. The van der Waals surface area contributed by atoms with E-state index in [2.05, 4.69) is 16.4 Å². The predicted molar refractivity (Wildman–Crippen MR) is 108 cm³/mol. The molecule has 1 N–H and O–H groups in total. The summed E-state index contributed by atoms with van der Waals surface area (Å²) in [7, 11) is 0. The highest BCUT2D eigenvalue weighted by Crippen LogP contribution is 2.27. The molecule has 5 nitrogen and oxygen atoms in total. The molecule has 2 aromatic carbocycles. The molecule has 3 rings (SSSR count). The van der Waals surface area contributed by atoms with Crippen LogP contribution in [0.1, 0.15) is 18.1 Å². The molecule has 1 heterocycles. The summed E-state index contributed by atoms with van der Waals surface area (Å²) in [4.78, 5) is 16.7. The topological polar surface area (TPSA) is 75.0 Å². The minimum Gasteiger partial charge on any atom is -0.494 e. The molecular weight excluding hydrogens is 358 g/mol. The van der Waals surface area contributed by atoms with Crippen molar-refractivity contribution in [1.82, 2.24) is 4.98 Å². The Hall–Kier alpha value is -3.04. The Balaban J connectivity index is 1.73. The quantitative estimate of drug-likeness (QED) is 0.638. The van der Waals surface area contributed by atoms with Crippen LogP contribution in [0.3, 0.4) is 0 Å². The number of aromatic nitrogens is 1. The van der Waals surface area contributed by atoms with Gasteiger partial charge in [-0.05, 0) is 50.2 Å². The fraction of sp³-hybridized carbons (Fsp3) is 0.190. The normalized spacial score (nSPS) is 10.4. The van der Waals surface area contributed by atoms with E-state index in [1.165, 1.54) is 11.8 Å². The van der Waals surface area contributed by atoms with Crippen molar-refractivity contribution in [2.75, 3.05) is 17.7 Å². The van der Waals surface area contributed by atoms with E-state index in [9.17, 15) is 10.1 Å². The summed E-state index contributed by atoms with van der Waals surface area (Å²) >= 11 is 1.25. The first kappa shape index (κ1) is 18.7. The Morgan fingerprint density at radius 3 is 2.70 bits per heavy atom. The molecule has 0 radical (unpaired) electrons. The Labute approximate surface area is 162 Å². The fourth-order valence-electron chi connectivity index (χ4n) is 2.55. The maximum atomic E-state index is 12.2. The van der Waals surface area contributed by atoms with Gasteiger partial charge < -0.3 is 10.1 Å². The zero-order valence-electron chi connectivity index (χ0n) is 15.2. The number of amides is 1. The third-order valence-electron chi connectivity index (χ3n) is 3.86. The molecule has 0 aliphatic heterocycles. The van der Waals surface area contributed by atoms with Gasteiger partial charge in [-0.3, -0.25) is 4.79 Å². The Morgan fingerprint density at radius 2 is 2.00 bits per heavy atom. The zero-order chi connectivity index (χ0) is 19.2. The van der Waals surface area contributed by atoms with Crippen molar-refractivity contribution in [2.24, 2.45) is 0 Å². The number of benzene rings is 2. The van der Waals surface area contributed by atoms with Gasteiger partial charge in [-0.1, -0.05) is 29.5 Å². The van der Waals surface area contributed by atoms with Crippen molar-refractivity contribution < 1.29 is 9.53 Å². The highest BCUT2D eigenvalue weighted by atomic mass is 32.2. The lowest BCUT2D eigenvalue weighted by molar-refractivity contribution is -0.113. The Bertz CT molecular complexity index is 1010. The number of thioether (sulfide) groups is 1. The summed E-state index contributed by atoms with van der Waals surface area (Å²) in [5.74, 6) is 0.785. The van der Waals surface area contributed by atoms with Crippen LogP contribution in [-0.2, 0) is 4.79 Å². The molecule has 0 aliphatic carbocycles. The molecule has 0 saturated heterocycles. The molecule has 0 spiro atoms. The van der Waals surface area contributed by atoms with Crippen LogP contribution in [0.4, 0.5) is 5.69 Å². The SMILES string of the molecule is CCOc1ccc2nc(SCC(=O)Nc3ccc(C)cc3)c(C#N)cc2c1. The Kier molecular flexibility index (Phi) is 5.94. The maximum Gasteiger partial charge on any atom is 0.234 e. The second kappa shape index (κ2) is 8.56. The number of nitrogens with zero attached hydrogens (tertiary/aromatic N) is 2. The summed E-state index contributed by atoms with van der Waals surface area (Å²) in [6.07, 6.45) is 0. The van der Waals surface area contributed by atoms with Gasteiger partial charge in [0.05, 0.1) is 23.4 Å². The van der Waals surface area contributed by atoms with E-state index in [4.69, 9.17) is 4.74 Å². The van der Waals surface area contributed by atoms with E-state index in [0.717, 1.165) is 27.9 Å². The summed E-state index contributed by atoms with van der Waals surface area (Å²) in [6, 6.07) is 17.1. The van der Waals surface area contributed by atoms with E-state index >= 15 is 0 Å². The van der Waals surface area contributed by atoms with Crippen LogP contribution < -0.4 is 10.1 Å². The molecule has 0 aliphatic rings. The van der Waals surface area contributed by atoms with Crippen molar-refractivity contribution in [1.29, 1.82) is 5.26 Å². The monoisotopic (exact) mass is 377 g/mol. The number of carbonyl (C=O) groups excluding carboxylic acids is 1. The summed E-state index contributed by atoms with van der Waals surface area (Å²) < 4.78 is 5.49. The van der Waals surface area contributed by atoms with Crippen molar-refractivity contribution >= 4 is 34.3 Å². The third-order valence-corrected chi connectivity index (χ3v) is 4.85. The third kappa shape index (κ3) is 4.78. The van der Waals surface area contributed by atoms with Gasteiger partial charge in [0.25, 0.3) is 0 Å². The minimum absolute atomic E-state index is 0.138. The zero-order valence-corrected chi connectivity index (χ0v) is 16.0. The molecule has 1 amide bonds. The van der Waals surface area contributed by atoms with Gasteiger partial charge in [-0.25, -0.2) is 4.98 Å². The number of hydrogen-bond acceptors (Lipinski definition) is 5. The molecule has 136 valence electrons. The van der Waals surface area contributed by atoms with Crippen LogP contribution in [-0.4, -0.2) is 23.3 Å². The molecular formula is C21H19N3O2S. The molecule has 0 bridgehead atoms. The van der Waals surface area contributed by atoms with E-state index < -0.39 is 0 Å². The average Bonchev–Trinajstić information content (AvgIpc) is 2.67. The van der Waals surface area contributed by atoms with E-state index in [0.29, 0.717) is 17.2 Å². The number of aryl methyl sites for hydroxylation is 1. The van der Waals surface area contributed by atoms with Crippen LogP contribution in [0.15, 0.2) is 53.6 Å². The van der Waals surface area contributed by atoms with Crippen LogP contribution in [0.5, 0.6) is 5.75 Å². The number of fused-ring (bicyclic) bond motifs is 1. The molecule has 0 fully saturated rings. The summed E-state index contributed by atoms with van der Waals surface area (Å²) in [5.41, 5.74) is 3.10. The van der Waals surface area contributed by atoms with Gasteiger partial charge >= 0.3 is 0 Å². The number of ether oxygens (including phenoxy) is 1. The lowest BCUT2D eigenvalue weighted by Crippen LogP contribution is -2.14. The number of hydrogen-bond donors (Lipinski definition) is 1. The van der Waals surface area contributed by atoms with Gasteiger partial charge in [0, 0.05) is 11.1 Å². The number of carbonyl (C=O) groups is 1. The van der Waals surface area contributed by atoms with E-state index in [1.807, 2.05) is 56.3 Å². The second-order valence-corrected chi connectivity index (χ2v) is 6.91. The van der Waals surface area contributed by atoms with Crippen molar-refractivity contribution in [3.63, 3.8) is 0 Å². The number of nitriles is 1. The number of anilines is 1. The molecule has 27 heavy (non-hydrogen) atoms. The van der Waals surface area contributed by atoms with E-state index in [1.54, 1.807) is 6.07 Å². The van der Waals surface area contributed by atoms with Crippen molar-refractivity contribution in [3.8, 4) is 11.8 Å². The maximum absolute atomic E-state index is 12.2. The van der Waals surface area contributed by atoms with E-state index in [-0.39, 0.29) is 11.7 Å². The lowest BCUT2D eigenvalue weighted by atomic mass is 10.1. The van der Waals surface area contributed by atoms with Crippen LogP contribution in [0.25, 0.3) is 10.9 Å². The second-order valence-electron chi connectivity index (χ2n) is 5.94. The van der Waals surface area contributed by atoms with Crippen molar-refractivity contribution in [2.45, 2.75) is 18.9 Å². The van der Waals surface area contributed by atoms with Gasteiger partial charge in [0.1, 0.15) is 16.8 Å². The van der Waals surface area contributed by atoms with Crippen LogP contribution in [0, 0.1) is 18.3 Å². The number of rotatable bonds is 6. The molecule has 0 saturated carbocycles. The summed E-state index contributed by atoms with van der Waals surface area (Å²) in [6.45, 7) is 4.49. The highest BCUT2D eigenvalue weighted by Gasteiger charge is 2.11. The smallest absolute Gasteiger partial charge is 0.234 e. The predicted octanol–water partition coefficient (Wildman–Crippen LogP) is 4.54. The van der Waals surface area contributed by atoms with Gasteiger partial charge in [-0.2, -0.15) is 5.26 Å². The molecule has 3 aromatic rings. The van der Waals surface area contributed by atoms with Gasteiger partial charge in [0.2, 0.25) is 5.91 Å². The number of nitrogens with one attached hydrogen (secondary N) is 1. The largest absolute Gasteiger partial charge is 0.494 e. The lowest BCUT2D eigenvalue weighted by Gasteiger charge is -2.08. The average molecular weight is 377 g/mol. The standard InChI is InChI=1S/C21H19N3O2S/c1-3-26-18-8-9-19-15(11-18)10-16(12-22)21(24-19)27-13-20(25)23-17-6-4-14(2)5-7-17/h4-11H,3,13H2,1-2H3,(H,23,25). The first-order valence-corrected chi connectivity index (χ1v) is 9.54. The fourth-order valence-corrected chi connectivity index (χ4v) is 3.31. The molecule has 1 aromatic heterocycles. The molecule has 6 heteroatoms. The van der Waals surface area contributed by atoms with Crippen LogP contribution in [0.2, 0.25) is 0 Å². The first-order valence-electron chi connectivity index (χ1n) is 8.56. The Morgan fingerprint density at radius 1 is 1.22 bits per heavy atom. The first-order chi connectivity index (χ1) is 13.1. The van der Waals surface area contributed by atoms with Crippen molar-refractivity contribution in [3.05, 3.63) is 59.7 Å². The summed E-state index contributed by atoms with van der Waals surface area (Å²) in [5, 5.41) is 13.7. The molecule has 0 atom stereocenters. The van der Waals surface area contributed by atoms with Gasteiger partial charge in [-0.15, -0.1) is 0 Å². The highest BCUT2D eigenvalue weighted by molar-refractivity contribution is 8.00.